The molecule has 4 aromatic carbocycles. The molecule has 2 amide bonds. The van der Waals surface area contributed by atoms with Gasteiger partial charge in [-0.25, -0.2) is 13.2 Å². The number of rotatable bonds is 15. The number of cyclic esters (lactones) is 1. The standard InChI is InChI=1S/C37H42N4O7S/c1-26(2)22-40(49(45,46)30-19-17-29(38)18-20-30)23-33(42)31(21-27-11-5-3-6-12-27)39-36(43)35-24-41(37(44)48-35)32-15-9-10-16-34(32)47-25-28-13-7-4-8-14-28/h3-20,26,31,33,35,42H,21-25,38H2,1-2H3,(H,39,43)/t31-,33+,35-/m0/s1. The summed E-state index contributed by atoms with van der Waals surface area (Å²) >= 11 is 0. The van der Waals surface area contributed by atoms with E-state index in [2.05, 4.69) is 5.32 Å². The topological polar surface area (TPSA) is 152 Å². The number of sulfonamides is 1. The maximum atomic E-state index is 13.7. The van der Waals surface area contributed by atoms with Crippen molar-refractivity contribution in [2.75, 3.05) is 30.3 Å². The lowest BCUT2D eigenvalue weighted by Crippen LogP contribution is -2.53. The number of hydrogen-bond acceptors (Lipinski definition) is 8. The normalized spacial score (nSPS) is 16.0. The zero-order valence-electron chi connectivity index (χ0n) is 27.5. The second kappa shape index (κ2) is 16.0. The van der Waals surface area contributed by atoms with Crippen LogP contribution < -0.4 is 20.7 Å². The molecule has 258 valence electrons. The number of nitrogens with one attached hydrogen (secondary N) is 1. The molecule has 0 bridgehead atoms. The molecule has 11 nitrogen and oxygen atoms in total. The van der Waals surface area contributed by atoms with Gasteiger partial charge in [-0.15, -0.1) is 0 Å². The Balaban J connectivity index is 1.33. The van der Waals surface area contributed by atoms with Crippen molar-refractivity contribution in [2.45, 2.75) is 50.0 Å². The number of nitrogens with two attached hydrogens (primary N) is 1. The van der Waals surface area contributed by atoms with Crippen molar-refractivity contribution in [3.63, 3.8) is 0 Å². The van der Waals surface area contributed by atoms with E-state index < -0.39 is 40.3 Å². The lowest BCUT2D eigenvalue weighted by atomic mass is 10.0. The van der Waals surface area contributed by atoms with E-state index in [-0.39, 0.29) is 43.5 Å². The van der Waals surface area contributed by atoms with E-state index in [0.29, 0.717) is 17.1 Å². The van der Waals surface area contributed by atoms with Gasteiger partial charge in [0.15, 0.2) is 6.10 Å². The predicted molar refractivity (Wildman–Crippen MR) is 187 cm³/mol. The maximum absolute atomic E-state index is 13.7. The van der Waals surface area contributed by atoms with Gasteiger partial charge in [-0.2, -0.15) is 4.31 Å². The molecule has 1 fully saturated rings. The molecule has 1 aliphatic rings. The summed E-state index contributed by atoms with van der Waals surface area (Å²) in [4.78, 5) is 28.1. The van der Waals surface area contributed by atoms with E-state index >= 15 is 0 Å². The first-order valence-corrected chi connectivity index (χ1v) is 17.6. The highest BCUT2D eigenvalue weighted by Crippen LogP contribution is 2.32. The third kappa shape index (κ3) is 9.17. The summed E-state index contributed by atoms with van der Waals surface area (Å²) in [5, 5.41) is 14.5. The van der Waals surface area contributed by atoms with Crippen LogP contribution in [0.1, 0.15) is 25.0 Å². The van der Waals surface area contributed by atoms with Crippen LogP contribution >= 0.6 is 0 Å². The highest BCUT2D eigenvalue weighted by molar-refractivity contribution is 7.89. The molecule has 0 spiro atoms. The van der Waals surface area contributed by atoms with Crippen molar-refractivity contribution in [1.82, 2.24) is 9.62 Å². The van der Waals surface area contributed by atoms with Crippen LogP contribution in [0.3, 0.4) is 0 Å². The molecule has 4 aromatic rings. The summed E-state index contributed by atoms with van der Waals surface area (Å²) in [6.07, 6.45) is -3.02. The number of ether oxygens (including phenoxy) is 2. The summed E-state index contributed by atoms with van der Waals surface area (Å²) in [5.41, 5.74) is 8.43. The van der Waals surface area contributed by atoms with Crippen LogP contribution in [0.5, 0.6) is 5.75 Å². The summed E-state index contributed by atoms with van der Waals surface area (Å²) in [7, 11) is -4.01. The second-order valence-corrected chi connectivity index (χ2v) is 14.3. The van der Waals surface area contributed by atoms with Crippen molar-refractivity contribution < 1.29 is 32.6 Å². The van der Waals surface area contributed by atoms with Crippen LogP contribution in [-0.2, 0) is 32.6 Å². The second-order valence-electron chi connectivity index (χ2n) is 12.4. The minimum Gasteiger partial charge on any atom is -0.487 e. The predicted octanol–water partition coefficient (Wildman–Crippen LogP) is 4.61. The molecule has 12 heteroatoms. The number of amides is 2. The number of carbonyl (C=O) groups excluding carboxylic acids is 2. The molecular formula is C37H42N4O7S. The van der Waals surface area contributed by atoms with Gasteiger partial charge in [0.2, 0.25) is 10.0 Å². The Morgan fingerprint density at radius 2 is 1.55 bits per heavy atom. The first-order valence-electron chi connectivity index (χ1n) is 16.1. The summed E-state index contributed by atoms with van der Waals surface area (Å²) in [5.74, 6) is -0.217. The van der Waals surface area contributed by atoms with Gasteiger partial charge in [0.1, 0.15) is 12.4 Å². The molecule has 0 unspecified atom stereocenters. The Morgan fingerprint density at radius 1 is 0.939 bits per heavy atom. The molecule has 1 aliphatic heterocycles. The number of anilines is 2. The Hall–Kier alpha value is -4.91. The molecular weight excluding hydrogens is 644 g/mol. The number of hydrogen-bond donors (Lipinski definition) is 3. The number of aliphatic hydroxyl groups is 1. The van der Waals surface area contributed by atoms with Crippen LogP contribution in [0.4, 0.5) is 16.2 Å². The third-order valence-electron chi connectivity index (χ3n) is 8.07. The van der Waals surface area contributed by atoms with E-state index in [1.807, 2.05) is 74.5 Å². The Bertz CT molecular complexity index is 1810. The zero-order valence-corrected chi connectivity index (χ0v) is 28.3. The van der Waals surface area contributed by atoms with Crippen LogP contribution in [0.15, 0.2) is 114 Å². The van der Waals surface area contributed by atoms with Crippen molar-refractivity contribution in [2.24, 2.45) is 5.92 Å². The fourth-order valence-electron chi connectivity index (χ4n) is 5.56. The lowest BCUT2D eigenvalue weighted by molar-refractivity contribution is -0.129. The Labute approximate surface area is 287 Å². The molecule has 0 saturated carbocycles. The molecule has 0 radical (unpaired) electrons. The molecule has 3 atom stereocenters. The minimum absolute atomic E-state index is 0.0455. The van der Waals surface area contributed by atoms with Gasteiger partial charge in [-0.3, -0.25) is 9.69 Å². The van der Waals surface area contributed by atoms with Gasteiger partial charge in [0.05, 0.1) is 29.3 Å². The summed E-state index contributed by atoms with van der Waals surface area (Å²) in [6, 6.07) is 30.8. The van der Waals surface area contributed by atoms with Crippen LogP contribution in [0.25, 0.3) is 0 Å². The SMILES string of the molecule is CC(C)CN(C[C@@H](O)[C@H](Cc1ccccc1)NC(=O)[C@@H]1CN(c2ccccc2OCc2ccccc2)C(=O)O1)S(=O)(=O)c1ccc(N)cc1. The number of carbonyl (C=O) groups is 2. The van der Waals surface area contributed by atoms with Gasteiger partial charge in [0, 0.05) is 18.8 Å². The number of aliphatic hydroxyl groups excluding tert-OH is 1. The third-order valence-corrected chi connectivity index (χ3v) is 9.91. The van der Waals surface area contributed by atoms with Gasteiger partial charge >= 0.3 is 6.09 Å². The van der Waals surface area contributed by atoms with E-state index in [9.17, 15) is 23.1 Å². The molecule has 5 rings (SSSR count). The summed E-state index contributed by atoms with van der Waals surface area (Å²) < 4.78 is 40.2. The molecule has 0 aromatic heterocycles. The first kappa shape index (κ1) is 35.4. The van der Waals surface area contributed by atoms with Crippen LogP contribution in [0, 0.1) is 5.92 Å². The molecule has 0 aliphatic carbocycles. The first-order chi connectivity index (χ1) is 23.5. The molecule has 4 N–H and O–H groups in total. The highest BCUT2D eigenvalue weighted by Gasteiger charge is 2.40. The van der Waals surface area contributed by atoms with Crippen molar-refractivity contribution in [3.8, 4) is 5.75 Å². The van der Waals surface area contributed by atoms with E-state index in [0.717, 1.165) is 11.1 Å². The molecule has 1 saturated heterocycles. The number of nitrogens with zero attached hydrogens (tertiary/aromatic N) is 2. The van der Waals surface area contributed by atoms with E-state index in [1.54, 1.807) is 24.3 Å². The van der Waals surface area contributed by atoms with Gasteiger partial charge in [0.25, 0.3) is 5.91 Å². The smallest absolute Gasteiger partial charge is 0.415 e. The zero-order chi connectivity index (χ0) is 35.0. The Kier molecular flexibility index (Phi) is 11.6. The van der Waals surface area contributed by atoms with Crippen LogP contribution in [-0.4, -0.2) is 67.7 Å². The minimum atomic E-state index is -4.01. The Morgan fingerprint density at radius 3 is 2.20 bits per heavy atom. The summed E-state index contributed by atoms with van der Waals surface area (Å²) in [6.45, 7) is 3.81. The van der Waals surface area contributed by atoms with Crippen molar-refractivity contribution in [3.05, 3.63) is 120 Å². The molecule has 49 heavy (non-hydrogen) atoms. The van der Waals surface area contributed by atoms with Gasteiger partial charge < -0.3 is 25.6 Å². The average Bonchev–Trinajstić information content (AvgIpc) is 3.49. The van der Waals surface area contributed by atoms with Crippen molar-refractivity contribution in [1.29, 1.82) is 0 Å². The van der Waals surface area contributed by atoms with Gasteiger partial charge in [-0.05, 0) is 59.9 Å². The van der Waals surface area contributed by atoms with Crippen molar-refractivity contribution >= 4 is 33.4 Å². The average molecular weight is 687 g/mol. The number of benzene rings is 4. The maximum Gasteiger partial charge on any atom is 0.415 e. The highest BCUT2D eigenvalue weighted by atomic mass is 32.2. The molecule has 1 heterocycles. The lowest BCUT2D eigenvalue weighted by Gasteiger charge is -2.31. The van der Waals surface area contributed by atoms with E-state index in [1.165, 1.54) is 33.5 Å². The number of para-hydroxylation sites is 2. The monoisotopic (exact) mass is 686 g/mol. The van der Waals surface area contributed by atoms with Crippen LogP contribution in [0.2, 0.25) is 0 Å². The number of nitrogen functional groups attached to an aromatic ring is 1. The fraction of sp³-hybridized carbons (Fsp3) is 0.297. The van der Waals surface area contributed by atoms with Gasteiger partial charge in [-0.1, -0.05) is 86.6 Å². The van der Waals surface area contributed by atoms with E-state index in [4.69, 9.17) is 15.2 Å². The fourth-order valence-corrected chi connectivity index (χ4v) is 7.18. The quantitative estimate of drug-likeness (QED) is 0.154. The largest absolute Gasteiger partial charge is 0.487 e.